The van der Waals surface area contributed by atoms with Crippen LogP contribution < -0.4 is 5.32 Å². The molecule has 1 atom stereocenters. The number of nitrogens with zero attached hydrogens (tertiary/aromatic N) is 1. The lowest BCUT2D eigenvalue weighted by atomic mass is 10.0. The summed E-state index contributed by atoms with van der Waals surface area (Å²) in [4.78, 5) is 19.0. The van der Waals surface area contributed by atoms with Crippen LogP contribution in [0.15, 0.2) is 18.5 Å². The summed E-state index contributed by atoms with van der Waals surface area (Å²) in [6.45, 7) is 3.51. The molecule has 2 N–H and O–H groups in total. The second-order valence-electron chi connectivity index (χ2n) is 4.79. The molecule has 0 bridgehead atoms. The van der Waals surface area contributed by atoms with E-state index in [0.717, 1.165) is 16.6 Å². The van der Waals surface area contributed by atoms with Gasteiger partial charge in [-0.15, -0.1) is 0 Å². The first kappa shape index (κ1) is 14.4. The zero-order valence-corrected chi connectivity index (χ0v) is 11.4. The van der Waals surface area contributed by atoms with Crippen molar-refractivity contribution in [2.45, 2.75) is 33.1 Å². The Morgan fingerprint density at radius 2 is 2.25 bits per heavy atom. The zero-order valence-electron chi connectivity index (χ0n) is 11.4. The number of hydrogen-bond donors (Lipinski definition) is 2. The molecule has 0 aromatic carbocycles. The molecule has 2 aromatic heterocycles. The van der Waals surface area contributed by atoms with Crippen LogP contribution in [0.5, 0.6) is 0 Å². The predicted molar refractivity (Wildman–Crippen MR) is 73.9 cm³/mol. The minimum atomic E-state index is -2.47. The quantitative estimate of drug-likeness (QED) is 0.881. The summed E-state index contributed by atoms with van der Waals surface area (Å²) in [6, 6.07) is 1.86. The fourth-order valence-electron chi connectivity index (χ4n) is 2.12. The van der Waals surface area contributed by atoms with E-state index in [0.29, 0.717) is 5.69 Å². The molecule has 0 aliphatic rings. The fourth-order valence-corrected chi connectivity index (χ4v) is 2.12. The molecule has 1 unspecified atom stereocenters. The first-order chi connectivity index (χ1) is 9.52. The van der Waals surface area contributed by atoms with Gasteiger partial charge in [0.15, 0.2) is 0 Å². The number of rotatable bonds is 5. The van der Waals surface area contributed by atoms with E-state index in [1.54, 1.807) is 13.1 Å². The molecule has 4 nitrogen and oxygen atoms in total. The first-order valence-corrected chi connectivity index (χ1v) is 6.53. The highest BCUT2D eigenvalue weighted by atomic mass is 19.3. The average Bonchev–Trinajstić information content (AvgIpc) is 2.88. The third kappa shape index (κ3) is 2.95. The lowest BCUT2D eigenvalue weighted by molar-refractivity contribution is -0.118. The SMILES string of the molecule is CCC(CC(=O)Nc1cnc2[nH]ccc2c1C)C(F)F. The van der Waals surface area contributed by atoms with Crippen LogP contribution in [-0.4, -0.2) is 22.3 Å². The van der Waals surface area contributed by atoms with Crippen molar-refractivity contribution in [2.75, 3.05) is 5.32 Å². The van der Waals surface area contributed by atoms with Crippen LogP contribution in [0.3, 0.4) is 0 Å². The van der Waals surface area contributed by atoms with Gasteiger partial charge >= 0.3 is 0 Å². The van der Waals surface area contributed by atoms with Gasteiger partial charge in [-0.1, -0.05) is 6.92 Å². The maximum Gasteiger partial charge on any atom is 0.241 e. The molecule has 6 heteroatoms. The molecule has 2 heterocycles. The van der Waals surface area contributed by atoms with Crippen molar-refractivity contribution < 1.29 is 13.6 Å². The lowest BCUT2D eigenvalue weighted by Crippen LogP contribution is -2.21. The number of halogens is 2. The van der Waals surface area contributed by atoms with Gasteiger partial charge in [-0.05, 0) is 25.0 Å². The number of aromatic amines is 1. The van der Waals surface area contributed by atoms with E-state index in [4.69, 9.17) is 0 Å². The summed E-state index contributed by atoms with van der Waals surface area (Å²) in [7, 11) is 0. The summed E-state index contributed by atoms with van der Waals surface area (Å²) in [6.07, 6.45) is 0.921. The number of nitrogens with one attached hydrogen (secondary N) is 2. The third-order valence-electron chi connectivity index (χ3n) is 3.46. The first-order valence-electron chi connectivity index (χ1n) is 6.53. The minimum Gasteiger partial charge on any atom is -0.346 e. The Kier molecular flexibility index (Phi) is 4.32. The molecule has 2 rings (SSSR count). The van der Waals surface area contributed by atoms with Gasteiger partial charge in [-0.2, -0.15) is 0 Å². The standard InChI is InChI=1S/C14H17F2N3O/c1-3-9(13(15)16)6-12(20)19-11-7-18-14-10(8(11)2)4-5-17-14/h4-5,7,9,13H,3,6H2,1-2H3,(H,17,18)(H,19,20). The smallest absolute Gasteiger partial charge is 0.241 e. The van der Waals surface area contributed by atoms with E-state index in [1.807, 2.05) is 13.0 Å². The van der Waals surface area contributed by atoms with Gasteiger partial charge in [0.1, 0.15) is 5.65 Å². The third-order valence-corrected chi connectivity index (χ3v) is 3.46. The largest absolute Gasteiger partial charge is 0.346 e. The molecule has 0 aliphatic heterocycles. The normalized spacial score (nSPS) is 12.8. The van der Waals surface area contributed by atoms with Crippen molar-refractivity contribution >= 4 is 22.6 Å². The van der Waals surface area contributed by atoms with Crippen LogP contribution in [0.2, 0.25) is 0 Å². The van der Waals surface area contributed by atoms with Crippen molar-refractivity contribution in [1.29, 1.82) is 0 Å². The van der Waals surface area contributed by atoms with Crippen molar-refractivity contribution in [1.82, 2.24) is 9.97 Å². The van der Waals surface area contributed by atoms with Crippen LogP contribution in [0.4, 0.5) is 14.5 Å². The molecule has 0 fully saturated rings. The number of alkyl halides is 2. The number of fused-ring (bicyclic) bond motifs is 1. The van der Waals surface area contributed by atoms with Gasteiger partial charge in [0.2, 0.25) is 12.3 Å². The van der Waals surface area contributed by atoms with Gasteiger partial charge in [0.05, 0.1) is 11.9 Å². The highest BCUT2D eigenvalue weighted by Gasteiger charge is 2.22. The van der Waals surface area contributed by atoms with Gasteiger partial charge in [-0.3, -0.25) is 4.79 Å². The Hall–Kier alpha value is -1.98. The fraction of sp³-hybridized carbons (Fsp3) is 0.429. The Morgan fingerprint density at radius 1 is 1.50 bits per heavy atom. The van der Waals surface area contributed by atoms with E-state index >= 15 is 0 Å². The van der Waals surface area contributed by atoms with Gasteiger partial charge in [-0.25, -0.2) is 13.8 Å². The van der Waals surface area contributed by atoms with Crippen molar-refractivity contribution in [3.63, 3.8) is 0 Å². The van der Waals surface area contributed by atoms with Gasteiger partial charge in [0.25, 0.3) is 0 Å². The Bertz CT molecular complexity index is 609. The summed E-state index contributed by atoms with van der Waals surface area (Å²) in [5.41, 5.74) is 2.17. The second kappa shape index (κ2) is 5.98. The molecule has 20 heavy (non-hydrogen) atoms. The Labute approximate surface area is 115 Å². The Balaban J connectivity index is 2.11. The van der Waals surface area contributed by atoms with Gasteiger partial charge < -0.3 is 10.3 Å². The minimum absolute atomic E-state index is 0.182. The average molecular weight is 281 g/mol. The maximum absolute atomic E-state index is 12.6. The molecule has 1 amide bonds. The summed E-state index contributed by atoms with van der Waals surface area (Å²) in [5, 5.41) is 3.57. The molecular formula is C14H17F2N3O. The molecule has 0 spiro atoms. The van der Waals surface area contributed by atoms with E-state index in [-0.39, 0.29) is 12.8 Å². The maximum atomic E-state index is 12.6. The number of aryl methyl sites for hydroxylation is 1. The number of H-pyrrole nitrogens is 1. The number of anilines is 1. The molecular weight excluding hydrogens is 264 g/mol. The molecule has 0 radical (unpaired) electrons. The molecule has 0 saturated heterocycles. The number of carbonyl (C=O) groups excluding carboxylic acids is 1. The van der Waals surface area contributed by atoms with Crippen molar-refractivity contribution in [2.24, 2.45) is 5.92 Å². The summed E-state index contributed by atoms with van der Waals surface area (Å²) in [5.74, 6) is -1.31. The number of pyridine rings is 1. The molecule has 0 saturated carbocycles. The van der Waals surface area contributed by atoms with E-state index in [2.05, 4.69) is 15.3 Å². The summed E-state index contributed by atoms with van der Waals surface area (Å²) >= 11 is 0. The monoisotopic (exact) mass is 281 g/mol. The topological polar surface area (TPSA) is 57.8 Å². The highest BCUT2D eigenvalue weighted by Crippen LogP contribution is 2.24. The summed E-state index contributed by atoms with van der Waals surface area (Å²) < 4.78 is 25.3. The number of hydrogen-bond acceptors (Lipinski definition) is 2. The van der Waals surface area contributed by atoms with Crippen LogP contribution in [0.1, 0.15) is 25.3 Å². The Morgan fingerprint density at radius 3 is 2.90 bits per heavy atom. The van der Waals surface area contributed by atoms with Crippen LogP contribution >= 0.6 is 0 Å². The van der Waals surface area contributed by atoms with Crippen LogP contribution in [0, 0.1) is 12.8 Å². The van der Waals surface area contributed by atoms with E-state index in [9.17, 15) is 13.6 Å². The second-order valence-corrected chi connectivity index (χ2v) is 4.79. The number of amides is 1. The predicted octanol–water partition coefficient (Wildman–Crippen LogP) is 3.49. The molecule has 2 aromatic rings. The van der Waals surface area contributed by atoms with E-state index < -0.39 is 18.3 Å². The van der Waals surface area contributed by atoms with Crippen molar-refractivity contribution in [3.8, 4) is 0 Å². The van der Waals surface area contributed by atoms with Crippen LogP contribution in [-0.2, 0) is 4.79 Å². The van der Waals surface area contributed by atoms with Crippen LogP contribution in [0.25, 0.3) is 11.0 Å². The highest BCUT2D eigenvalue weighted by molar-refractivity contribution is 5.94. The molecule has 108 valence electrons. The number of carbonyl (C=O) groups is 1. The van der Waals surface area contributed by atoms with Gasteiger partial charge in [0, 0.05) is 23.9 Å². The zero-order chi connectivity index (χ0) is 14.7. The van der Waals surface area contributed by atoms with E-state index in [1.165, 1.54) is 6.20 Å². The molecule has 0 aliphatic carbocycles. The van der Waals surface area contributed by atoms with Crippen molar-refractivity contribution in [3.05, 3.63) is 24.0 Å². The lowest BCUT2D eigenvalue weighted by Gasteiger charge is -2.14. The number of aromatic nitrogens is 2.